The Bertz CT molecular complexity index is 2510. The molecule has 0 saturated heterocycles. The molecule has 0 saturated carbocycles. The normalized spacial score (nSPS) is 10.7. The van der Waals surface area contributed by atoms with E-state index < -0.39 is 0 Å². The summed E-state index contributed by atoms with van der Waals surface area (Å²) in [7, 11) is 0. The zero-order chi connectivity index (χ0) is 39.8. The molecule has 0 unspecified atom stereocenters. The second-order valence-corrected chi connectivity index (χ2v) is 14.2. The highest BCUT2D eigenvalue weighted by atomic mass is 15.2. The van der Waals surface area contributed by atoms with Gasteiger partial charge in [-0.25, -0.2) is 0 Å². The number of terminal acetylenes is 1. The maximum atomic E-state index is 5.74. The van der Waals surface area contributed by atoms with Crippen molar-refractivity contribution in [3.8, 4) is 34.6 Å². The molecule has 0 bridgehead atoms. The molecule has 9 aromatic rings. The third-order valence-corrected chi connectivity index (χ3v) is 10.5. The second-order valence-electron chi connectivity index (χ2n) is 14.2. The van der Waals surface area contributed by atoms with Gasteiger partial charge < -0.3 is 14.7 Å². The molecule has 3 nitrogen and oxygen atoms in total. The minimum Gasteiger partial charge on any atom is -0.311 e. The van der Waals surface area contributed by atoms with Crippen molar-refractivity contribution in [2.24, 2.45) is 0 Å². The Labute approximate surface area is 347 Å². The van der Waals surface area contributed by atoms with E-state index in [4.69, 9.17) is 6.42 Å². The molecule has 0 aromatic heterocycles. The molecule has 0 fully saturated rings. The predicted molar refractivity (Wildman–Crippen MR) is 249 cm³/mol. The molecule has 280 valence electrons. The van der Waals surface area contributed by atoms with Crippen LogP contribution in [0.2, 0.25) is 0 Å². The van der Waals surface area contributed by atoms with Crippen LogP contribution in [0.25, 0.3) is 22.3 Å². The number of para-hydroxylation sites is 4. The van der Waals surface area contributed by atoms with E-state index in [-0.39, 0.29) is 0 Å². The van der Waals surface area contributed by atoms with Gasteiger partial charge in [0.2, 0.25) is 0 Å². The molecule has 9 aromatic carbocycles. The Morgan fingerprint density at radius 1 is 0.220 bits per heavy atom. The fourth-order valence-corrected chi connectivity index (χ4v) is 7.57. The molecular weight excluding hydrogens is 715 g/mol. The first kappa shape index (κ1) is 36.6. The summed E-state index contributed by atoms with van der Waals surface area (Å²) in [6.45, 7) is 0. The van der Waals surface area contributed by atoms with Gasteiger partial charge in [-0.2, -0.15) is 0 Å². The van der Waals surface area contributed by atoms with E-state index in [2.05, 4.69) is 251 Å². The Morgan fingerprint density at radius 2 is 0.407 bits per heavy atom. The number of hydrogen-bond donors (Lipinski definition) is 0. The second kappa shape index (κ2) is 17.0. The van der Waals surface area contributed by atoms with E-state index in [1.165, 1.54) is 0 Å². The summed E-state index contributed by atoms with van der Waals surface area (Å²) in [6.07, 6.45) is 5.74. The van der Waals surface area contributed by atoms with Gasteiger partial charge in [0.1, 0.15) is 0 Å². The summed E-state index contributed by atoms with van der Waals surface area (Å²) in [5.41, 5.74) is 15.2. The number of rotatable bonds is 11. The molecule has 0 heterocycles. The van der Waals surface area contributed by atoms with Crippen molar-refractivity contribution in [3.63, 3.8) is 0 Å². The maximum absolute atomic E-state index is 5.74. The lowest BCUT2D eigenvalue weighted by Gasteiger charge is -2.26. The number of nitrogens with zero attached hydrogens (tertiary/aromatic N) is 3. The van der Waals surface area contributed by atoms with E-state index in [1.807, 2.05) is 12.1 Å². The quantitative estimate of drug-likeness (QED) is 0.122. The van der Waals surface area contributed by atoms with Gasteiger partial charge in [0.15, 0.2) is 0 Å². The van der Waals surface area contributed by atoms with Crippen LogP contribution in [0.1, 0.15) is 5.56 Å². The Kier molecular flexibility index (Phi) is 10.5. The van der Waals surface area contributed by atoms with Gasteiger partial charge in [-0.1, -0.05) is 127 Å². The van der Waals surface area contributed by atoms with Crippen molar-refractivity contribution in [1.29, 1.82) is 0 Å². The monoisotopic (exact) mass is 755 g/mol. The predicted octanol–water partition coefficient (Wildman–Crippen LogP) is 15.4. The smallest absolute Gasteiger partial charge is 0.0462 e. The fraction of sp³-hybridized carbons (Fsp3) is 0. The maximum Gasteiger partial charge on any atom is 0.0462 e. The largest absolute Gasteiger partial charge is 0.311 e. The molecular formula is C56H41N3. The van der Waals surface area contributed by atoms with Crippen molar-refractivity contribution in [2.75, 3.05) is 14.7 Å². The molecule has 0 aliphatic rings. The van der Waals surface area contributed by atoms with Gasteiger partial charge in [-0.3, -0.25) is 0 Å². The van der Waals surface area contributed by atoms with Gasteiger partial charge in [0, 0.05) is 56.7 Å². The zero-order valence-corrected chi connectivity index (χ0v) is 32.5. The van der Waals surface area contributed by atoms with Crippen molar-refractivity contribution in [2.45, 2.75) is 0 Å². The summed E-state index contributed by atoms with van der Waals surface area (Å²) in [5.74, 6) is 2.76. The van der Waals surface area contributed by atoms with Crippen molar-refractivity contribution >= 4 is 51.2 Å². The minimum atomic E-state index is 0.850. The van der Waals surface area contributed by atoms with E-state index >= 15 is 0 Å². The molecule has 0 N–H and O–H groups in total. The van der Waals surface area contributed by atoms with Gasteiger partial charge in [0.25, 0.3) is 0 Å². The fourth-order valence-electron chi connectivity index (χ4n) is 7.57. The average Bonchev–Trinajstić information content (AvgIpc) is 3.32. The van der Waals surface area contributed by atoms with Crippen LogP contribution in [-0.2, 0) is 0 Å². The summed E-state index contributed by atoms with van der Waals surface area (Å²) >= 11 is 0. The number of anilines is 9. The van der Waals surface area contributed by atoms with E-state index in [9.17, 15) is 0 Å². The molecule has 9 rings (SSSR count). The van der Waals surface area contributed by atoms with E-state index in [0.717, 1.165) is 79.0 Å². The first-order chi connectivity index (χ1) is 29.2. The van der Waals surface area contributed by atoms with E-state index in [1.54, 1.807) is 0 Å². The number of hydrogen-bond acceptors (Lipinski definition) is 3. The van der Waals surface area contributed by atoms with Gasteiger partial charge >= 0.3 is 0 Å². The van der Waals surface area contributed by atoms with Crippen LogP contribution in [0, 0.1) is 12.3 Å². The molecule has 0 amide bonds. The standard InChI is InChI=1S/C56H41N3/c1-2-43-23-33-52(34-24-43)59(55-39-29-46(30-40-55)44-25-35-53(36-26-44)57(48-15-7-3-8-16-48)49-17-9-4-10-18-49)56-41-31-47(32-42-56)45-27-37-54(38-28-45)58(50-19-11-5-12-20-50)51-21-13-6-14-22-51/h1,3-42H. The molecule has 0 atom stereocenters. The first-order valence-electron chi connectivity index (χ1n) is 19.8. The molecule has 0 spiro atoms. The molecule has 3 heteroatoms. The average molecular weight is 756 g/mol. The first-order valence-corrected chi connectivity index (χ1v) is 19.8. The van der Waals surface area contributed by atoms with Gasteiger partial charge in [0.05, 0.1) is 0 Å². The summed E-state index contributed by atoms with van der Waals surface area (Å²) < 4.78 is 0. The number of benzene rings is 9. The van der Waals surface area contributed by atoms with Crippen LogP contribution < -0.4 is 14.7 Å². The Morgan fingerprint density at radius 3 is 0.610 bits per heavy atom. The highest BCUT2D eigenvalue weighted by Crippen LogP contribution is 2.40. The van der Waals surface area contributed by atoms with Crippen LogP contribution in [0.15, 0.2) is 243 Å². The highest BCUT2D eigenvalue weighted by Gasteiger charge is 2.16. The van der Waals surface area contributed by atoms with Gasteiger partial charge in [-0.15, -0.1) is 6.42 Å². The Hall–Kier alpha value is -8.06. The summed E-state index contributed by atoms with van der Waals surface area (Å²) in [5, 5.41) is 0. The van der Waals surface area contributed by atoms with Crippen LogP contribution in [0.5, 0.6) is 0 Å². The van der Waals surface area contributed by atoms with Crippen LogP contribution in [-0.4, -0.2) is 0 Å². The van der Waals surface area contributed by atoms with Crippen LogP contribution in [0.4, 0.5) is 51.2 Å². The van der Waals surface area contributed by atoms with Gasteiger partial charge in [-0.05, 0) is 144 Å². The van der Waals surface area contributed by atoms with Crippen molar-refractivity contribution in [1.82, 2.24) is 0 Å². The molecule has 59 heavy (non-hydrogen) atoms. The molecule has 0 aliphatic heterocycles. The highest BCUT2D eigenvalue weighted by molar-refractivity contribution is 5.83. The van der Waals surface area contributed by atoms with E-state index in [0.29, 0.717) is 0 Å². The van der Waals surface area contributed by atoms with Crippen LogP contribution in [0.3, 0.4) is 0 Å². The lowest BCUT2D eigenvalue weighted by atomic mass is 10.0. The SMILES string of the molecule is C#Cc1ccc(N(c2ccc(-c3ccc(N(c4ccccc4)c4ccccc4)cc3)cc2)c2ccc(-c3ccc(N(c4ccccc4)c4ccccc4)cc3)cc2)cc1. The topological polar surface area (TPSA) is 9.72 Å². The Balaban J connectivity index is 0.989. The molecule has 0 radical (unpaired) electrons. The molecule has 0 aliphatic carbocycles. The third kappa shape index (κ3) is 7.98. The van der Waals surface area contributed by atoms with Crippen molar-refractivity contribution < 1.29 is 0 Å². The summed E-state index contributed by atoms with van der Waals surface area (Å²) in [6, 6.07) is 85.3. The zero-order valence-electron chi connectivity index (χ0n) is 32.5. The lowest BCUT2D eigenvalue weighted by Crippen LogP contribution is -2.10. The van der Waals surface area contributed by atoms with Crippen molar-refractivity contribution in [3.05, 3.63) is 248 Å². The minimum absolute atomic E-state index is 0.850. The van der Waals surface area contributed by atoms with Crippen LogP contribution >= 0.6 is 0 Å². The lowest BCUT2D eigenvalue weighted by molar-refractivity contribution is 1.28. The summed E-state index contributed by atoms with van der Waals surface area (Å²) in [4.78, 5) is 6.83. The third-order valence-electron chi connectivity index (χ3n) is 10.5.